The first kappa shape index (κ1) is 18.9. The Balaban J connectivity index is 1.32. The van der Waals surface area contributed by atoms with E-state index in [1.165, 1.54) is 6.07 Å². The van der Waals surface area contributed by atoms with Gasteiger partial charge in [-0.2, -0.15) is 0 Å². The Labute approximate surface area is 166 Å². The van der Waals surface area contributed by atoms with Gasteiger partial charge in [-0.25, -0.2) is 8.78 Å². The molecule has 1 saturated heterocycles. The predicted octanol–water partition coefficient (Wildman–Crippen LogP) is 4.49. The second kappa shape index (κ2) is 7.89. The summed E-state index contributed by atoms with van der Waals surface area (Å²) in [6, 6.07) is 11.3. The second-order valence-electron chi connectivity index (χ2n) is 7.19. The van der Waals surface area contributed by atoms with Gasteiger partial charge in [-0.15, -0.1) is 0 Å². The minimum absolute atomic E-state index is 0.0868. The smallest absolute Gasteiger partial charge is 0.267 e. The lowest BCUT2D eigenvalue weighted by atomic mass is 10.0. The third-order valence-corrected chi connectivity index (χ3v) is 5.38. The molecule has 146 valence electrons. The van der Waals surface area contributed by atoms with Gasteiger partial charge in [0.25, 0.3) is 5.91 Å². The molecule has 0 bridgehead atoms. The summed E-state index contributed by atoms with van der Waals surface area (Å²) in [4.78, 5) is 17.8. The van der Waals surface area contributed by atoms with Crippen molar-refractivity contribution in [1.82, 2.24) is 15.2 Å². The molecule has 0 unspecified atom stereocenters. The molecular weight excluding hydrogens is 384 g/mol. The average Bonchev–Trinajstić information content (AvgIpc) is 3.10. The van der Waals surface area contributed by atoms with Crippen molar-refractivity contribution in [2.45, 2.75) is 25.4 Å². The van der Waals surface area contributed by atoms with Crippen molar-refractivity contribution in [3.05, 3.63) is 70.4 Å². The highest BCUT2D eigenvalue weighted by molar-refractivity contribution is 6.31. The van der Waals surface area contributed by atoms with Gasteiger partial charge in [0.1, 0.15) is 5.69 Å². The monoisotopic (exact) mass is 403 g/mol. The number of halogens is 3. The number of piperidine rings is 1. The predicted molar refractivity (Wildman–Crippen MR) is 105 cm³/mol. The van der Waals surface area contributed by atoms with Gasteiger partial charge in [0, 0.05) is 41.6 Å². The number of amides is 1. The SMILES string of the molecule is O=C(NC1CCN(Cc2ccc(F)c(F)c2)CC1)c1cc2cc(Cl)ccc2[nH]1. The van der Waals surface area contributed by atoms with Gasteiger partial charge in [0.15, 0.2) is 11.6 Å². The third-order valence-electron chi connectivity index (χ3n) is 5.14. The number of fused-ring (bicyclic) bond motifs is 1. The summed E-state index contributed by atoms with van der Waals surface area (Å²) >= 11 is 5.99. The van der Waals surface area contributed by atoms with Crippen LogP contribution in [-0.2, 0) is 6.54 Å². The van der Waals surface area contributed by atoms with Gasteiger partial charge in [0.2, 0.25) is 0 Å². The normalized spacial score (nSPS) is 15.8. The molecule has 1 amide bonds. The number of aromatic amines is 1. The zero-order chi connectivity index (χ0) is 19.7. The summed E-state index contributed by atoms with van der Waals surface area (Å²) in [5.74, 6) is -1.78. The molecule has 0 atom stereocenters. The fourth-order valence-electron chi connectivity index (χ4n) is 3.62. The molecule has 2 N–H and O–H groups in total. The molecular formula is C21H20ClF2N3O. The van der Waals surface area contributed by atoms with Crippen LogP contribution in [0.5, 0.6) is 0 Å². The Kier molecular flexibility index (Phi) is 5.33. The van der Waals surface area contributed by atoms with Crippen LogP contribution >= 0.6 is 11.6 Å². The number of likely N-dealkylation sites (tertiary alicyclic amines) is 1. The molecule has 0 aliphatic carbocycles. The molecule has 4 nitrogen and oxygen atoms in total. The molecule has 0 radical (unpaired) electrons. The molecule has 2 heterocycles. The summed E-state index contributed by atoms with van der Waals surface area (Å²) in [5, 5.41) is 4.61. The van der Waals surface area contributed by atoms with E-state index in [2.05, 4.69) is 15.2 Å². The standard InChI is InChI=1S/C21H20ClF2N3O/c22-15-2-4-19-14(10-15)11-20(26-19)21(28)25-16-5-7-27(8-6-16)12-13-1-3-17(23)18(24)9-13/h1-4,9-11,16,26H,5-8,12H2,(H,25,28). The first-order valence-electron chi connectivity index (χ1n) is 9.23. The average molecular weight is 404 g/mol. The zero-order valence-electron chi connectivity index (χ0n) is 15.1. The van der Waals surface area contributed by atoms with Crippen molar-refractivity contribution in [2.24, 2.45) is 0 Å². The van der Waals surface area contributed by atoms with E-state index in [0.717, 1.165) is 48.5 Å². The van der Waals surface area contributed by atoms with Crippen molar-refractivity contribution < 1.29 is 13.6 Å². The van der Waals surface area contributed by atoms with Crippen molar-refractivity contribution >= 4 is 28.4 Å². The lowest BCUT2D eigenvalue weighted by Gasteiger charge is -2.32. The number of nitrogens with one attached hydrogen (secondary N) is 2. The van der Waals surface area contributed by atoms with E-state index >= 15 is 0 Å². The Bertz CT molecular complexity index is 1010. The number of hydrogen-bond acceptors (Lipinski definition) is 2. The van der Waals surface area contributed by atoms with Crippen LogP contribution in [0.1, 0.15) is 28.9 Å². The van der Waals surface area contributed by atoms with E-state index in [1.54, 1.807) is 18.2 Å². The van der Waals surface area contributed by atoms with E-state index < -0.39 is 11.6 Å². The highest BCUT2D eigenvalue weighted by Gasteiger charge is 2.22. The van der Waals surface area contributed by atoms with Gasteiger partial charge in [0.05, 0.1) is 0 Å². The molecule has 3 aromatic rings. The Morgan fingerprint density at radius 3 is 2.64 bits per heavy atom. The first-order chi connectivity index (χ1) is 13.5. The Morgan fingerprint density at radius 2 is 1.89 bits per heavy atom. The number of carbonyl (C=O) groups is 1. The van der Waals surface area contributed by atoms with Gasteiger partial charge < -0.3 is 10.3 Å². The van der Waals surface area contributed by atoms with Gasteiger partial charge >= 0.3 is 0 Å². The number of hydrogen-bond donors (Lipinski definition) is 2. The quantitative estimate of drug-likeness (QED) is 0.674. The van der Waals surface area contributed by atoms with Crippen LogP contribution in [0.15, 0.2) is 42.5 Å². The molecule has 4 rings (SSSR count). The van der Waals surface area contributed by atoms with Crippen LogP contribution in [-0.4, -0.2) is 34.9 Å². The molecule has 1 aromatic heterocycles. The Morgan fingerprint density at radius 1 is 1.11 bits per heavy atom. The zero-order valence-corrected chi connectivity index (χ0v) is 15.9. The molecule has 1 aliphatic rings. The van der Waals surface area contributed by atoms with Crippen LogP contribution in [0, 0.1) is 11.6 Å². The topological polar surface area (TPSA) is 48.1 Å². The molecule has 2 aromatic carbocycles. The van der Waals surface area contributed by atoms with Gasteiger partial charge in [-0.3, -0.25) is 9.69 Å². The summed E-state index contributed by atoms with van der Waals surface area (Å²) in [5.41, 5.74) is 2.13. The minimum atomic E-state index is -0.829. The van der Waals surface area contributed by atoms with Crippen LogP contribution in [0.2, 0.25) is 5.02 Å². The first-order valence-corrected chi connectivity index (χ1v) is 9.61. The number of nitrogens with zero attached hydrogens (tertiary/aromatic N) is 1. The maximum atomic E-state index is 13.3. The van der Waals surface area contributed by atoms with E-state index in [9.17, 15) is 13.6 Å². The summed E-state index contributed by atoms with van der Waals surface area (Å²) in [6.45, 7) is 2.14. The van der Waals surface area contributed by atoms with Crippen LogP contribution < -0.4 is 5.32 Å². The van der Waals surface area contributed by atoms with Crippen molar-refractivity contribution in [3.8, 4) is 0 Å². The maximum absolute atomic E-state index is 13.3. The summed E-state index contributed by atoms with van der Waals surface area (Å²) < 4.78 is 26.4. The molecule has 28 heavy (non-hydrogen) atoms. The fourth-order valence-corrected chi connectivity index (χ4v) is 3.80. The van der Waals surface area contributed by atoms with Gasteiger partial charge in [-0.1, -0.05) is 17.7 Å². The van der Waals surface area contributed by atoms with E-state index in [1.807, 2.05) is 12.1 Å². The number of aromatic nitrogens is 1. The third kappa shape index (κ3) is 4.18. The van der Waals surface area contributed by atoms with E-state index in [-0.39, 0.29) is 11.9 Å². The lowest BCUT2D eigenvalue weighted by molar-refractivity contribution is 0.0904. The van der Waals surface area contributed by atoms with E-state index in [0.29, 0.717) is 17.3 Å². The number of carbonyl (C=O) groups excluding carboxylic acids is 1. The van der Waals surface area contributed by atoms with Crippen LogP contribution in [0.25, 0.3) is 10.9 Å². The largest absolute Gasteiger partial charge is 0.351 e. The lowest BCUT2D eigenvalue weighted by Crippen LogP contribution is -2.44. The van der Waals surface area contributed by atoms with Crippen molar-refractivity contribution in [1.29, 1.82) is 0 Å². The molecule has 1 aliphatic heterocycles. The van der Waals surface area contributed by atoms with Crippen molar-refractivity contribution in [3.63, 3.8) is 0 Å². The fraction of sp³-hybridized carbons (Fsp3) is 0.286. The second-order valence-corrected chi connectivity index (χ2v) is 7.62. The van der Waals surface area contributed by atoms with Crippen LogP contribution in [0.4, 0.5) is 8.78 Å². The highest BCUT2D eigenvalue weighted by Crippen LogP contribution is 2.21. The van der Waals surface area contributed by atoms with E-state index in [4.69, 9.17) is 11.6 Å². The van der Waals surface area contributed by atoms with Gasteiger partial charge in [-0.05, 0) is 54.8 Å². The number of H-pyrrole nitrogens is 1. The molecule has 1 fully saturated rings. The molecule has 0 spiro atoms. The number of rotatable bonds is 4. The van der Waals surface area contributed by atoms with Crippen molar-refractivity contribution in [2.75, 3.05) is 13.1 Å². The highest BCUT2D eigenvalue weighted by atomic mass is 35.5. The summed E-state index contributed by atoms with van der Waals surface area (Å²) in [6.07, 6.45) is 1.61. The maximum Gasteiger partial charge on any atom is 0.267 e. The summed E-state index contributed by atoms with van der Waals surface area (Å²) in [7, 11) is 0. The molecule has 7 heteroatoms. The number of benzene rings is 2. The van der Waals surface area contributed by atoms with Crippen LogP contribution in [0.3, 0.4) is 0 Å². The molecule has 0 saturated carbocycles. The Hall–Kier alpha value is -2.44. The minimum Gasteiger partial charge on any atom is -0.351 e.